The number of aryl methyl sites for hydroxylation is 1. The number of carbonyl (C=O) groups excluding carboxylic acids is 1. The van der Waals surface area contributed by atoms with Crippen molar-refractivity contribution in [2.75, 3.05) is 13.6 Å². The maximum absolute atomic E-state index is 11.7. The summed E-state index contributed by atoms with van der Waals surface area (Å²) in [4.78, 5) is 28.8. The van der Waals surface area contributed by atoms with E-state index in [0.29, 0.717) is 0 Å². The molecule has 1 unspecified atom stereocenters. The molecule has 6 nitrogen and oxygen atoms in total. The second kappa shape index (κ2) is 6.34. The summed E-state index contributed by atoms with van der Waals surface area (Å²) in [7, 11) is 1.57. The Bertz CT molecular complexity index is 433. The number of amides is 2. The normalized spacial score (nSPS) is 11.9. The van der Waals surface area contributed by atoms with Gasteiger partial charge < -0.3 is 15.3 Å². The molecule has 0 saturated carbocycles. The third kappa shape index (κ3) is 4.33. The van der Waals surface area contributed by atoms with Crippen LogP contribution < -0.4 is 5.32 Å². The van der Waals surface area contributed by atoms with E-state index in [1.165, 1.54) is 16.2 Å². The average Bonchev–Trinajstić information content (AvgIpc) is 2.72. The van der Waals surface area contributed by atoms with Crippen molar-refractivity contribution in [3.05, 3.63) is 16.1 Å². The van der Waals surface area contributed by atoms with Crippen LogP contribution in [0.4, 0.5) is 4.79 Å². The highest BCUT2D eigenvalue weighted by Crippen LogP contribution is 2.18. The van der Waals surface area contributed by atoms with E-state index in [1.54, 1.807) is 13.2 Å². The molecule has 0 aromatic carbocycles. The van der Waals surface area contributed by atoms with Crippen LogP contribution in [-0.2, 0) is 4.79 Å². The van der Waals surface area contributed by atoms with Gasteiger partial charge in [0, 0.05) is 24.7 Å². The number of hydrogen-bond donors (Lipinski definition) is 2. The Morgan fingerprint density at radius 1 is 1.61 bits per heavy atom. The molecule has 0 aliphatic heterocycles. The zero-order valence-corrected chi connectivity index (χ0v) is 11.5. The lowest BCUT2D eigenvalue weighted by atomic mass is 10.3. The van der Waals surface area contributed by atoms with E-state index in [0.717, 1.165) is 9.88 Å². The fraction of sp³-hybridized carbons (Fsp3) is 0.545. The van der Waals surface area contributed by atoms with Crippen LogP contribution in [0.15, 0.2) is 6.20 Å². The van der Waals surface area contributed by atoms with Gasteiger partial charge in [0.25, 0.3) is 0 Å². The monoisotopic (exact) mass is 271 g/mol. The van der Waals surface area contributed by atoms with Crippen LogP contribution in [0.2, 0.25) is 0 Å². The van der Waals surface area contributed by atoms with Crippen LogP contribution in [0.5, 0.6) is 0 Å². The first-order valence-corrected chi connectivity index (χ1v) is 6.37. The Morgan fingerprint density at radius 3 is 2.78 bits per heavy atom. The first-order valence-electron chi connectivity index (χ1n) is 5.56. The molecule has 1 atom stereocenters. The molecule has 2 amide bonds. The lowest BCUT2D eigenvalue weighted by Crippen LogP contribution is -2.39. The molecule has 1 heterocycles. The second-order valence-electron chi connectivity index (χ2n) is 4.05. The summed E-state index contributed by atoms with van der Waals surface area (Å²) in [6, 6.07) is -0.472. The summed E-state index contributed by atoms with van der Waals surface area (Å²) < 4.78 is 0. The Kier molecular flexibility index (Phi) is 5.08. The zero-order valence-electron chi connectivity index (χ0n) is 10.6. The molecule has 100 valence electrons. The van der Waals surface area contributed by atoms with E-state index >= 15 is 0 Å². The fourth-order valence-electron chi connectivity index (χ4n) is 1.29. The van der Waals surface area contributed by atoms with Gasteiger partial charge in [-0.25, -0.2) is 9.78 Å². The highest BCUT2D eigenvalue weighted by Gasteiger charge is 2.15. The summed E-state index contributed by atoms with van der Waals surface area (Å²) in [5.41, 5.74) is 0. The van der Waals surface area contributed by atoms with Crippen molar-refractivity contribution in [1.82, 2.24) is 15.2 Å². The van der Waals surface area contributed by atoms with Crippen LogP contribution in [0.25, 0.3) is 0 Å². The Labute approximate surface area is 110 Å². The van der Waals surface area contributed by atoms with E-state index in [4.69, 9.17) is 5.11 Å². The molecule has 0 fully saturated rings. The summed E-state index contributed by atoms with van der Waals surface area (Å²) in [6.45, 7) is 3.99. The number of hydrogen-bond acceptors (Lipinski definition) is 4. The number of carboxylic acid groups (broad SMARTS) is 1. The van der Waals surface area contributed by atoms with Crippen molar-refractivity contribution in [1.29, 1.82) is 0 Å². The highest BCUT2D eigenvalue weighted by atomic mass is 32.1. The van der Waals surface area contributed by atoms with Gasteiger partial charge in [0.05, 0.1) is 12.5 Å². The average molecular weight is 271 g/mol. The SMILES string of the molecule is Cc1cnc(C(C)NC(=O)N(C)CCC(=O)O)s1. The summed E-state index contributed by atoms with van der Waals surface area (Å²) in [5, 5.41) is 12.2. The van der Waals surface area contributed by atoms with Gasteiger partial charge in [0.2, 0.25) is 0 Å². The van der Waals surface area contributed by atoms with Gasteiger partial charge in [0.1, 0.15) is 5.01 Å². The van der Waals surface area contributed by atoms with Crippen molar-refractivity contribution in [2.24, 2.45) is 0 Å². The number of urea groups is 1. The quantitative estimate of drug-likeness (QED) is 0.852. The van der Waals surface area contributed by atoms with Crippen molar-refractivity contribution < 1.29 is 14.7 Å². The smallest absolute Gasteiger partial charge is 0.317 e. The maximum Gasteiger partial charge on any atom is 0.317 e. The van der Waals surface area contributed by atoms with Gasteiger partial charge in [-0.05, 0) is 13.8 Å². The minimum Gasteiger partial charge on any atom is -0.481 e. The molecule has 0 aliphatic rings. The molecule has 1 rings (SSSR count). The molecule has 7 heteroatoms. The molecule has 0 radical (unpaired) electrons. The van der Waals surface area contributed by atoms with Crippen molar-refractivity contribution in [3.8, 4) is 0 Å². The second-order valence-corrected chi connectivity index (χ2v) is 5.31. The van der Waals surface area contributed by atoms with Crippen LogP contribution in [0.1, 0.15) is 29.3 Å². The van der Waals surface area contributed by atoms with Crippen molar-refractivity contribution in [3.63, 3.8) is 0 Å². The molecule has 1 aromatic rings. The fourth-order valence-corrected chi connectivity index (χ4v) is 2.07. The summed E-state index contributed by atoms with van der Waals surface area (Å²) in [5.74, 6) is -0.918. The Balaban J connectivity index is 2.46. The molecule has 0 spiro atoms. The van der Waals surface area contributed by atoms with Crippen LogP contribution in [0.3, 0.4) is 0 Å². The molecular weight excluding hydrogens is 254 g/mol. The van der Waals surface area contributed by atoms with Gasteiger partial charge >= 0.3 is 12.0 Å². The molecule has 0 aliphatic carbocycles. The standard InChI is InChI=1S/C11H17N3O3S/c1-7-6-12-10(18-7)8(2)13-11(17)14(3)5-4-9(15)16/h6,8H,4-5H2,1-3H3,(H,13,17)(H,15,16). The molecule has 0 bridgehead atoms. The lowest BCUT2D eigenvalue weighted by Gasteiger charge is -2.19. The first kappa shape index (κ1) is 14.4. The summed E-state index contributed by atoms with van der Waals surface area (Å²) >= 11 is 1.53. The minimum absolute atomic E-state index is 0.0609. The largest absolute Gasteiger partial charge is 0.481 e. The van der Waals surface area contributed by atoms with E-state index < -0.39 is 5.97 Å². The van der Waals surface area contributed by atoms with Crippen molar-refractivity contribution in [2.45, 2.75) is 26.3 Å². The van der Waals surface area contributed by atoms with Crippen LogP contribution in [0, 0.1) is 6.92 Å². The molecule has 18 heavy (non-hydrogen) atoms. The van der Waals surface area contributed by atoms with E-state index in [2.05, 4.69) is 10.3 Å². The van der Waals surface area contributed by atoms with Gasteiger partial charge in [-0.2, -0.15) is 0 Å². The number of nitrogens with zero attached hydrogens (tertiary/aromatic N) is 2. The third-order valence-corrected chi connectivity index (χ3v) is 3.45. The van der Waals surface area contributed by atoms with Crippen LogP contribution >= 0.6 is 11.3 Å². The number of carboxylic acids is 1. The first-order chi connectivity index (χ1) is 8.40. The molecule has 0 saturated heterocycles. The number of aromatic nitrogens is 1. The topological polar surface area (TPSA) is 82.5 Å². The van der Waals surface area contributed by atoms with Crippen LogP contribution in [-0.4, -0.2) is 40.6 Å². The number of rotatable bonds is 5. The highest BCUT2D eigenvalue weighted by molar-refractivity contribution is 7.11. The number of thiazole rings is 1. The zero-order chi connectivity index (χ0) is 13.7. The minimum atomic E-state index is -0.918. The van der Waals surface area contributed by atoms with Gasteiger partial charge in [-0.1, -0.05) is 0 Å². The predicted octanol–water partition coefficient (Wildman–Crippen LogP) is 1.63. The summed E-state index contributed by atoms with van der Waals surface area (Å²) in [6.07, 6.45) is 1.70. The van der Waals surface area contributed by atoms with Gasteiger partial charge in [-0.3, -0.25) is 4.79 Å². The van der Waals surface area contributed by atoms with Gasteiger partial charge in [0.15, 0.2) is 0 Å². The van der Waals surface area contributed by atoms with E-state index in [9.17, 15) is 9.59 Å². The Morgan fingerprint density at radius 2 is 2.28 bits per heavy atom. The van der Waals surface area contributed by atoms with Crippen molar-refractivity contribution >= 4 is 23.3 Å². The Hall–Kier alpha value is -1.63. The molecule has 1 aromatic heterocycles. The number of nitrogens with one attached hydrogen (secondary N) is 1. The van der Waals surface area contributed by atoms with E-state index in [1.807, 2.05) is 13.8 Å². The maximum atomic E-state index is 11.7. The van der Waals surface area contributed by atoms with E-state index in [-0.39, 0.29) is 25.0 Å². The number of aliphatic carboxylic acids is 1. The van der Waals surface area contributed by atoms with Gasteiger partial charge in [-0.15, -0.1) is 11.3 Å². The molecule has 2 N–H and O–H groups in total. The molecular formula is C11H17N3O3S. The third-order valence-electron chi connectivity index (χ3n) is 2.36. The number of carbonyl (C=O) groups is 2. The predicted molar refractivity (Wildman–Crippen MR) is 68.7 cm³/mol. The lowest BCUT2D eigenvalue weighted by molar-refractivity contribution is -0.137.